The van der Waals surface area contributed by atoms with Gasteiger partial charge in [0.1, 0.15) is 11.4 Å². The predicted octanol–water partition coefficient (Wildman–Crippen LogP) is 3.06. The van der Waals surface area contributed by atoms with Gasteiger partial charge in [0.2, 0.25) is 5.70 Å². The average Bonchev–Trinajstić information content (AvgIpc) is 2.42. The van der Waals surface area contributed by atoms with Gasteiger partial charge in [-0.05, 0) is 18.2 Å². The minimum absolute atomic E-state index is 0.0896. The quantitative estimate of drug-likeness (QED) is 0.686. The molecule has 1 aliphatic heterocycles. The third-order valence-electron chi connectivity index (χ3n) is 4.20. The Morgan fingerprint density at radius 2 is 2.05 bits per heavy atom. The summed E-state index contributed by atoms with van der Waals surface area (Å²) < 4.78 is 6.23. The molecule has 3 rings (SSSR count). The largest absolute Gasteiger partial charge is 0.480 e. The van der Waals surface area contributed by atoms with Crippen molar-refractivity contribution < 1.29 is 9.53 Å². The molecule has 0 N–H and O–H groups in total. The number of fused-ring (bicyclic) bond motifs is 1. The Labute approximate surface area is 124 Å². The van der Waals surface area contributed by atoms with Crippen LogP contribution in [0.2, 0.25) is 0 Å². The molecule has 1 spiro atoms. The Hall–Kier alpha value is -2.28. The van der Waals surface area contributed by atoms with Gasteiger partial charge in [-0.15, -0.1) is 0 Å². The molecule has 0 bridgehead atoms. The van der Waals surface area contributed by atoms with Crippen LogP contribution in [0.4, 0.5) is 5.69 Å². The van der Waals surface area contributed by atoms with Gasteiger partial charge in [0.25, 0.3) is 0 Å². The predicted molar refractivity (Wildman–Crippen MR) is 81.2 cm³/mol. The lowest BCUT2D eigenvalue weighted by molar-refractivity contribution is -0.126. The van der Waals surface area contributed by atoms with Gasteiger partial charge in [-0.3, -0.25) is 0 Å². The Morgan fingerprint density at radius 1 is 1.33 bits per heavy atom. The fourth-order valence-corrected chi connectivity index (χ4v) is 3.39. The first kappa shape index (κ1) is 13.7. The number of Topliss-reactive ketones (excluding diaryl/α,β-unsaturated/α-hetero) is 1. The highest BCUT2D eigenvalue weighted by Gasteiger charge is 2.48. The van der Waals surface area contributed by atoms with Crippen LogP contribution < -0.4 is 9.64 Å². The van der Waals surface area contributed by atoms with Crippen molar-refractivity contribution >= 4 is 11.5 Å². The van der Waals surface area contributed by atoms with E-state index in [1.807, 2.05) is 45.2 Å². The van der Waals surface area contributed by atoms with E-state index in [1.54, 1.807) is 6.08 Å². The molecule has 0 fully saturated rings. The Bertz CT molecular complexity index is 684. The fraction of sp³-hybridized carbons (Fsp3) is 0.412. The Balaban J connectivity index is 2.10. The summed E-state index contributed by atoms with van der Waals surface area (Å²) >= 11 is 0. The van der Waals surface area contributed by atoms with Crippen LogP contribution >= 0.6 is 0 Å². The lowest BCUT2D eigenvalue weighted by Crippen LogP contribution is -2.54. The van der Waals surface area contributed by atoms with E-state index in [-0.39, 0.29) is 11.5 Å². The molecule has 108 valence electrons. The molecule has 1 aliphatic carbocycles. The molecule has 1 unspecified atom stereocenters. The number of ether oxygens (including phenoxy) is 1. The molecule has 0 saturated carbocycles. The number of benzene rings is 1. The van der Waals surface area contributed by atoms with Gasteiger partial charge >= 0.3 is 0 Å². The van der Waals surface area contributed by atoms with Gasteiger partial charge in [0.15, 0.2) is 5.78 Å². The minimum atomic E-state index is -0.611. The number of anilines is 1. The van der Waals surface area contributed by atoms with E-state index in [2.05, 4.69) is 9.74 Å². The molecule has 0 aromatic heterocycles. The minimum Gasteiger partial charge on any atom is -0.480 e. The number of hydrogen-bond acceptors (Lipinski definition) is 3. The van der Waals surface area contributed by atoms with Crippen molar-refractivity contribution in [3.63, 3.8) is 0 Å². The van der Waals surface area contributed by atoms with Gasteiger partial charge in [-0.2, -0.15) is 0 Å². The van der Waals surface area contributed by atoms with E-state index in [0.29, 0.717) is 13.0 Å². The molecule has 1 atom stereocenters. The number of hydrogen-bond donors (Lipinski definition) is 0. The number of ketones is 1. The van der Waals surface area contributed by atoms with E-state index >= 15 is 0 Å². The molecule has 1 heterocycles. The van der Waals surface area contributed by atoms with Gasteiger partial charge in [0, 0.05) is 18.9 Å². The molecule has 1 aromatic carbocycles. The van der Waals surface area contributed by atoms with Crippen LogP contribution in [-0.2, 0) is 4.79 Å². The molecule has 0 saturated heterocycles. The summed E-state index contributed by atoms with van der Waals surface area (Å²) in [6.07, 6.45) is 2.30. The maximum absolute atomic E-state index is 12.3. The summed E-state index contributed by atoms with van der Waals surface area (Å²) in [4.78, 5) is 17.8. The number of carbonyl (C=O) groups is 1. The summed E-state index contributed by atoms with van der Waals surface area (Å²) in [6.45, 7) is 11.7. The van der Waals surface area contributed by atoms with E-state index in [1.165, 1.54) is 0 Å². The monoisotopic (exact) mass is 282 g/mol. The van der Waals surface area contributed by atoms with E-state index in [4.69, 9.17) is 11.3 Å². The van der Waals surface area contributed by atoms with Crippen molar-refractivity contribution in [3.05, 3.63) is 47.5 Å². The SMILES string of the molecule is [C-]#[N+]C1=CC2(CN(C)c3ccccc3O2)CC(C)(C)C1=O. The van der Waals surface area contributed by atoms with Crippen LogP contribution in [0.25, 0.3) is 4.85 Å². The van der Waals surface area contributed by atoms with Crippen molar-refractivity contribution in [2.24, 2.45) is 5.41 Å². The highest BCUT2D eigenvalue weighted by atomic mass is 16.5. The summed E-state index contributed by atoms with van der Waals surface area (Å²) in [5, 5.41) is 0. The number of carbonyl (C=O) groups excluding carboxylic acids is 1. The van der Waals surface area contributed by atoms with Crippen molar-refractivity contribution in [2.75, 3.05) is 18.5 Å². The second-order valence-corrected chi connectivity index (χ2v) is 6.52. The number of rotatable bonds is 0. The highest BCUT2D eigenvalue weighted by Crippen LogP contribution is 2.45. The van der Waals surface area contributed by atoms with Crippen molar-refractivity contribution in [1.29, 1.82) is 0 Å². The Morgan fingerprint density at radius 3 is 2.76 bits per heavy atom. The molecular formula is C17H18N2O2. The lowest BCUT2D eigenvalue weighted by atomic mass is 9.71. The van der Waals surface area contributed by atoms with Gasteiger partial charge in [0.05, 0.1) is 18.8 Å². The van der Waals surface area contributed by atoms with Crippen LogP contribution in [0.5, 0.6) is 5.75 Å². The third kappa shape index (κ3) is 2.09. The smallest absolute Gasteiger partial charge is 0.229 e. The molecule has 4 nitrogen and oxygen atoms in total. The number of para-hydroxylation sites is 2. The van der Waals surface area contributed by atoms with Crippen LogP contribution in [0, 0.1) is 12.0 Å². The van der Waals surface area contributed by atoms with Crippen LogP contribution in [-0.4, -0.2) is 25.0 Å². The van der Waals surface area contributed by atoms with Crippen molar-refractivity contribution in [1.82, 2.24) is 0 Å². The first-order valence-electron chi connectivity index (χ1n) is 7.01. The Kier molecular flexibility index (Phi) is 2.84. The topological polar surface area (TPSA) is 33.9 Å². The van der Waals surface area contributed by atoms with Crippen LogP contribution in [0.15, 0.2) is 36.0 Å². The zero-order valence-corrected chi connectivity index (χ0v) is 12.5. The van der Waals surface area contributed by atoms with Crippen LogP contribution in [0.1, 0.15) is 20.3 Å². The van der Waals surface area contributed by atoms with Crippen molar-refractivity contribution in [3.8, 4) is 5.75 Å². The summed E-state index contributed by atoms with van der Waals surface area (Å²) in [7, 11) is 2.01. The molecule has 1 aromatic rings. The third-order valence-corrected chi connectivity index (χ3v) is 4.20. The van der Waals surface area contributed by atoms with E-state index in [0.717, 1.165) is 11.4 Å². The van der Waals surface area contributed by atoms with Gasteiger partial charge < -0.3 is 14.4 Å². The zero-order chi connectivity index (χ0) is 15.3. The lowest BCUT2D eigenvalue weighted by Gasteiger charge is -2.47. The molecular weight excluding hydrogens is 264 g/mol. The zero-order valence-electron chi connectivity index (χ0n) is 12.5. The average molecular weight is 282 g/mol. The normalized spacial score (nSPS) is 26.7. The molecule has 2 aliphatic rings. The molecule has 21 heavy (non-hydrogen) atoms. The van der Waals surface area contributed by atoms with Crippen LogP contribution in [0.3, 0.4) is 0 Å². The van der Waals surface area contributed by atoms with E-state index < -0.39 is 11.0 Å². The molecule has 0 amide bonds. The second-order valence-electron chi connectivity index (χ2n) is 6.52. The highest BCUT2D eigenvalue weighted by molar-refractivity contribution is 6.02. The number of likely N-dealkylation sites (N-methyl/N-ethyl adjacent to an activating group) is 1. The molecule has 4 heteroatoms. The first-order chi connectivity index (χ1) is 9.87. The summed E-state index contributed by atoms with van der Waals surface area (Å²) in [5.74, 6) is 0.713. The summed E-state index contributed by atoms with van der Waals surface area (Å²) in [6, 6.07) is 7.86. The number of nitrogens with zero attached hydrogens (tertiary/aromatic N) is 2. The molecule has 0 radical (unpaired) electrons. The van der Waals surface area contributed by atoms with E-state index in [9.17, 15) is 4.79 Å². The van der Waals surface area contributed by atoms with Gasteiger partial charge in [-0.25, -0.2) is 4.85 Å². The van der Waals surface area contributed by atoms with Gasteiger partial charge in [-0.1, -0.05) is 26.0 Å². The van der Waals surface area contributed by atoms with Crippen molar-refractivity contribution in [2.45, 2.75) is 25.9 Å². The second kappa shape index (κ2) is 4.36. The maximum Gasteiger partial charge on any atom is 0.229 e. The first-order valence-corrected chi connectivity index (χ1v) is 7.01. The fourth-order valence-electron chi connectivity index (χ4n) is 3.39. The number of allylic oxidation sites excluding steroid dienone is 1. The standard InChI is InChI=1S/C17H18N2O2/c1-16(2)10-17(9-12(18-3)15(16)20)11-19(4)13-7-5-6-8-14(13)21-17/h5-9H,10-11H2,1-2,4H3. The maximum atomic E-state index is 12.3. The summed E-state index contributed by atoms with van der Waals surface area (Å²) in [5.41, 5.74) is 0.0388.